The number of benzene rings is 1. The molecule has 0 aliphatic heterocycles. The van der Waals surface area contributed by atoms with Gasteiger partial charge in [0.1, 0.15) is 28.3 Å². The summed E-state index contributed by atoms with van der Waals surface area (Å²) >= 11 is 4.88. The van der Waals surface area contributed by atoms with Gasteiger partial charge in [-0.3, -0.25) is 14.4 Å². The summed E-state index contributed by atoms with van der Waals surface area (Å²) in [4.78, 5) is 34.2. The number of thiocarbonyl (C=S) groups is 1. The van der Waals surface area contributed by atoms with Crippen molar-refractivity contribution in [2.75, 3.05) is 0 Å². The highest BCUT2D eigenvalue weighted by Crippen LogP contribution is 2.06. The Morgan fingerprint density at radius 2 is 1.58 bits per heavy atom. The number of halogens is 1. The van der Waals surface area contributed by atoms with E-state index in [1.165, 1.54) is 26.0 Å². The minimum atomic E-state index is -1.13. The summed E-state index contributed by atoms with van der Waals surface area (Å²) in [6.07, 6.45) is 0. The lowest BCUT2D eigenvalue weighted by molar-refractivity contribution is -0.127. The number of rotatable bonds is 4. The van der Waals surface area contributed by atoms with E-state index >= 15 is 0 Å². The van der Waals surface area contributed by atoms with Gasteiger partial charge in [-0.2, -0.15) is 0 Å². The lowest BCUT2D eigenvalue weighted by Crippen LogP contribution is -2.40. The zero-order valence-electron chi connectivity index (χ0n) is 10.4. The molecule has 0 atom stereocenters. The molecule has 0 fully saturated rings. The number of hydrogen-bond donors (Lipinski definition) is 1. The van der Waals surface area contributed by atoms with Gasteiger partial charge in [0.15, 0.2) is 0 Å². The molecule has 0 bridgehead atoms. The zero-order valence-corrected chi connectivity index (χ0v) is 11.2. The minimum absolute atomic E-state index is 0.144. The Hall–Kier alpha value is -1.95. The maximum Gasteiger partial charge on any atom is 0.256 e. The van der Waals surface area contributed by atoms with Crippen LogP contribution in [0, 0.1) is 11.7 Å². The van der Waals surface area contributed by atoms with Crippen LogP contribution in [-0.2, 0) is 9.59 Å². The molecular formula is C13H12FNO3S. The van der Waals surface area contributed by atoms with E-state index in [0.29, 0.717) is 0 Å². The number of ketones is 2. The average Bonchev–Trinajstić information content (AvgIpc) is 2.28. The van der Waals surface area contributed by atoms with E-state index in [4.69, 9.17) is 12.2 Å². The highest BCUT2D eigenvalue weighted by Gasteiger charge is 2.26. The molecule has 4 nitrogen and oxygen atoms in total. The van der Waals surface area contributed by atoms with Crippen LogP contribution in [0.2, 0.25) is 0 Å². The first-order valence-corrected chi connectivity index (χ1v) is 5.85. The van der Waals surface area contributed by atoms with Gasteiger partial charge in [-0.05, 0) is 38.1 Å². The molecule has 0 saturated heterocycles. The van der Waals surface area contributed by atoms with Crippen molar-refractivity contribution in [3.8, 4) is 0 Å². The number of amides is 1. The van der Waals surface area contributed by atoms with E-state index in [0.717, 1.165) is 12.1 Å². The average molecular weight is 281 g/mol. The van der Waals surface area contributed by atoms with Gasteiger partial charge < -0.3 is 5.32 Å². The first kappa shape index (κ1) is 15.1. The molecule has 1 aromatic rings. The molecule has 0 radical (unpaired) electrons. The molecule has 0 aliphatic rings. The van der Waals surface area contributed by atoms with Crippen LogP contribution >= 0.6 is 12.2 Å². The van der Waals surface area contributed by atoms with Crippen molar-refractivity contribution < 1.29 is 18.8 Å². The number of carbonyl (C=O) groups excluding carboxylic acids is 3. The summed E-state index contributed by atoms with van der Waals surface area (Å²) < 4.78 is 12.7. The third-order valence-corrected chi connectivity index (χ3v) is 2.76. The highest BCUT2D eigenvalue weighted by molar-refractivity contribution is 7.80. The van der Waals surface area contributed by atoms with Gasteiger partial charge >= 0.3 is 0 Å². The molecule has 0 aliphatic carbocycles. The Kier molecular flexibility index (Phi) is 5.00. The number of nitrogens with one attached hydrogen (secondary N) is 1. The number of hydrogen-bond acceptors (Lipinski definition) is 4. The predicted octanol–water partition coefficient (Wildman–Crippen LogP) is 1.68. The molecule has 6 heteroatoms. The lowest BCUT2D eigenvalue weighted by atomic mass is 10.0. The Morgan fingerprint density at radius 1 is 1.11 bits per heavy atom. The van der Waals surface area contributed by atoms with Crippen molar-refractivity contribution in [3.63, 3.8) is 0 Å². The molecule has 0 spiro atoms. The summed E-state index contributed by atoms with van der Waals surface area (Å²) in [5.74, 6) is -3.05. The van der Waals surface area contributed by atoms with Crippen molar-refractivity contribution >= 4 is 34.7 Å². The van der Waals surface area contributed by atoms with Crippen molar-refractivity contribution in [2.24, 2.45) is 5.92 Å². The van der Waals surface area contributed by atoms with Crippen LogP contribution in [0.25, 0.3) is 0 Å². The van der Waals surface area contributed by atoms with Crippen LogP contribution in [-0.4, -0.2) is 22.5 Å². The second kappa shape index (κ2) is 6.29. The van der Waals surface area contributed by atoms with Gasteiger partial charge in [0.25, 0.3) is 5.91 Å². The fourth-order valence-electron chi connectivity index (χ4n) is 1.51. The van der Waals surface area contributed by atoms with Crippen LogP contribution < -0.4 is 5.32 Å². The quantitative estimate of drug-likeness (QED) is 0.673. The highest BCUT2D eigenvalue weighted by atomic mass is 32.1. The first-order valence-electron chi connectivity index (χ1n) is 5.44. The minimum Gasteiger partial charge on any atom is -0.315 e. The van der Waals surface area contributed by atoms with Crippen LogP contribution in [0.1, 0.15) is 24.2 Å². The summed E-state index contributed by atoms with van der Waals surface area (Å²) in [7, 11) is 0. The maximum absolute atomic E-state index is 12.7. The van der Waals surface area contributed by atoms with Crippen molar-refractivity contribution in [3.05, 3.63) is 35.6 Å². The van der Waals surface area contributed by atoms with Gasteiger partial charge in [-0.25, -0.2) is 4.39 Å². The molecule has 19 heavy (non-hydrogen) atoms. The van der Waals surface area contributed by atoms with Crippen LogP contribution in [0.15, 0.2) is 24.3 Å². The monoisotopic (exact) mass is 281 g/mol. The lowest BCUT2D eigenvalue weighted by Gasteiger charge is -2.13. The third-order valence-electron chi connectivity index (χ3n) is 2.42. The molecule has 0 saturated carbocycles. The topological polar surface area (TPSA) is 63.2 Å². The second-order valence-corrected chi connectivity index (χ2v) is 4.42. The van der Waals surface area contributed by atoms with Gasteiger partial charge in [0.2, 0.25) is 0 Å². The van der Waals surface area contributed by atoms with E-state index in [-0.39, 0.29) is 10.6 Å². The molecule has 1 aromatic carbocycles. The van der Waals surface area contributed by atoms with Crippen molar-refractivity contribution in [2.45, 2.75) is 13.8 Å². The number of carbonyl (C=O) groups is 3. The maximum atomic E-state index is 12.7. The Morgan fingerprint density at radius 3 is 2.00 bits per heavy atom. The van der Waals surface area contributed by atoms with E-state index in [1.54, 1.807) is 0 Å². The van der Waals surface area contributed by atoms with Crippen molar-refractivity contribution in [1.82, 2.24) is 5.32 Å². The van der Waals surface area contributed by atoms with E-state index < -0.39 is 29.2 Å². The summed E-state index contributed by atoms with van der Waals surface area (Å²) in [6.45, 7) is 2.45. The fourth-order valence-corrected chi connectivity index (χ4v) is 1.94. The molecule has 0 aromatic heterocycles. The summed E-state index contributed by atoms with van der Waals surface area (Å²) in [6, 6.07) is 4.82. The molecular weight excluding hydrogens is 269 g/mol. The van der Waals surface area contributed by atoms with E-state index in [2.05, 4.69) is 5.32 Å². The Labute approximate surface area is 115 Å². The fraction of sp³-hybridized carbons (Fsp3) is 0.231. The Balaban J connectivity index is 2.81. The number of Topliss-reactive ketones (excluding diaryl/α,β-unsaturated/α-hetero) is 2. The van der Waals surface area contributed by atoms with Gasteiger partial charge in [-0.1, -0.05) is 12.2 Å². The van der Waals surface area contributed by atoms with Crippen LogP contribution in [0.4, 0.5) is 4.39 Å². The Bertz CT molecular complexity index is 525. The summed E-state index contributed by atoms with van der Waals surface area (Å²) in [5.41, 5.74) is 0.189. The molecule has 0 unspecified atom stereocenters. The molecule has 1 N–H and O–H groups in total. The second-order valence-electron chi connectivity index (χ2n) is 3.98. The van der Waals surface area contributed by atoms with Gasteiger partial charge in [0, 0.05) is 5.56 Å². The van der Waals surface area contributed by atoms with E-state index in [1.807, 2.05) is 0 Å². The molecule has 0 heterocycles. The molecule has 1 amide bonds. The zero-order chi connectivity index (χ0) is 14.6. The SMILES string of the molecule is CC(=O)C(C(C)=O)C(=S)NC(=O)c1ccc(F)cc1. The largest absolute Gasteiger partial charge is 0.315 e. The molecule has 1 rings (SSSR count). The van der Waals surface area contributed by atoms with Gasteiger partial charge in [0.05, 0.1) is 0 Å². The standard InChI is InChI=1S/C13H12FNO3S/c1-7(16)11(8(2)17)13(19)15-12(18)9-3-5-10(14)6-4-9/h3-6,11H,1-2H3,(H,15,18,19). The van der Waals surface area contributed by atoms with Crippen LogP contribution in [0.3, 0.4) is 0 Å². The van der Waals surface area contributed by atoms with E-state index in [9.17, 15) is 18.8 Å². The normalized spacial score (nSPS) is 10.1. The smallest absolute Gasteiger partial charge is 0.256 e. The van der Waals surface area contributed by atoms with Crippen molar-refractivity contribution in [1.29, 1.82) is 0 Å². The molecule has 100 valence electrons. The van der Waals surface area contributed by atoms with Crippen LogP contribution in [0.5, 0.6) is 0 Å². The third kappa shape index (κ3) is 4.03. The van der Waals surface area contributed by atoms with Gasteiger partial charge in [-0.15, -0.1) is 0 Å². The predicted molar refractivity (Wildman–Crippen MR) is 71.3 cm³/mol. The summed E-state index contributed by atoms with van der Waals surface area (Å²) in [5, 5.41) is 2.31. The first-order chi connectivity index (χ1) is 8.82.